The van der Waals surface area contributed by atoms with E-state index in [1.807, 2.05) is 13.8 Å². The van der Waals surface area contributed by atoms with Crippen LogP contribution in [0.15, 0.2) is 0 Å². The Hall–Kier alpha value is -0.220. The summed E-state index contributed by atoms with van der Waals surface area (Å²) in [5.74, 6) is 0.174. The molecule has 0 aliphatic heterocycles. The van der Waals surface area contributed by atoms with Crippen LogP contribution in [0, 0.1) is 40.4 Å². The summed E-state index contributed by atoms with van der Waals surface area (Å²) in [6.07, 6.45) is 10.5. The second-order valence-corrected chi connectivity index (χ2v) is 12.2. The van der Waals surface area contributed by atoms with Crippen LogP contribution < -0.4 is 0 Å². The van der Waals surface area contributed by atoms with Gasteiger partial charge in [-0.15, -0.1) is 0 Å². The predicted molar refractivity (Wildman–Crippen MR) is 123 cm³/mol. The highest BCUT2D eigenvalue weighted by molar-refractivity contribution is 5.09. The van der Waals surface area contributed by atoms with Crippen molar-refractivity contribution in [3.8, 4) is 0 Å². The fourth-order valence-corrected chi connectivity index (χ4v) is 8.48. The molecule has 4 fully saturated rings. The van der Waals surface area contributed by atoms with E-state index in [1.54, 1.807) is 0 Å². The van der Waals surface area contributed by atoms with E-state index in [1.165, 1.54) is 46.0 Å². The molecule has 0 amide bonds. The summed E-state index contributed by atoms with van der Waals surface area (Å²) in [4.78, 5) is 0. The third-order valence-corrected chi connectivity index (χ3v) is 10.5. The van der Waals surface area contributed by atoms with Gasteiger partial charge in [-0.3, -0.25) is 0 Å². The second-order valence-electron chi connectivity index (χ2n) is 12.2. The first-order chi connectivity index (χ1) is 14.4. The monoisotopic (exact) mass is 442 g/mol. The molecule has 4 heteroatoms. The van der Waals surface area contributed by atoms with Crippen LogP contribution in [0.3, 0.4) is 0 Å². The van der Waals surface area contributed by atoms with Gasteiger partial charge < -0.3 is 10.2 Å². The summed E-state index contributed by atoms with van der Waals surface area (Å²) in [5, 5.41) is 20.0. The van der Waals surface area contributed by atoms with Gasteiger partial charge in [0.05, 0.1) is 6.10 Å². The second kappa shape index (κ2) is 8.85. The quantitative estimate of drug-likeness (QED) is 0.482. The van der Waals surface area contributed by atoms with Gasteiger partial charge >= 0.3 is 0 Å². The van der Waals surface area contributed by atoms with Gasteiger partial charge in [-0.1, -0.05) is 27.7 Å². The van der Waals surface area contributed by atoms with Gasteiger partial charge in [0.1, 0.15) is 5.60 Å². The number of rotatable bonds is 4. The molecule has 0 radical (unpaired) electrons. The number of fused-ring (bicyclic) bond motifs is 5. The third kappa shape index (κ3) is 4.34. The molecule has 0 heterocycles. The van der Waals surface area contributed by atoms with Crippen LogP contribution in [0.4, 0.5) is 8.78 Å². The first kappa shape index (κ1) is 25.4. The summed E-state index contributed by atoms with van der Waals surface area (Å²) in [5.41, 5.74) is -1.38. The topological polar surface area (TPSA) is 40.5 Å². The lowest BCUT2D eigenvalue weighted by molar-refractivity contribution is -0.170. The molecule has 0 bridgehead atoms. The lowest BCUT2D eigenvalue weighted by Gasteiger charge is -2.61. The summed E-state index contributed by atoms with van der Waals surface area (Å²) in [6.45, 7) is 11.4. The average Bonchev–Trinajstić information content (AvgIpc) is 3.04. The molecule has 4 saturated carbocycles. The van der Waals surface area contributed by atoms with E-state index in [0.717, 1.165) is 37.5 Å². The van der Waals surface area contributed by atoms with Crippen molar-refractivity contribution in [2.45, 2.75) is 130 Å². The van der Waals surface area contributed by atoms with Crippen molar-refractivity contribution in [2.75, 3.05) is 0 Å². The highest BCUT2D eigenvalue weighted by atomic mass is 19.3. The van der Waals surface area contributed by atoms with Crippen LogP contribution >= 0.6 is 0 Å². The summed E-state index contributed by atoms with van der Waals surface area (Å²) in [7, 11) is 0. The van der Waals surface area contributed by atoms with Crippen molar-refractivity contribution in [3.05, 3.63) is 0 Å². The van der Waals surface area contributed by atoms with Gasteiger partial charge in [0.2, 0.25) is 0 Å². The van der Waals surface area contributed by atoms with Crippen LogP contribution in [0.5, 0.6) is 0 Å². The summed E-state index contributed by atoms with van der Waals surface area (Å²) in [6, 6.07) is 0. The molecule has 0 spiro atoms. The molecule has 2 N–H and O–H groups in total. The molecule has 0 aromatic rings. The zero-order valence-corrected chi connectivity index (χ0v) is 20.9. The van der Waals surface area contributed by atoms with Crippen LogP contribution in [0.25, 0.3) is 0 Å². The van der Waals surface area contributed by atoms with E-state index in [4.69, 9.17) is 0 Å². The first-order valence-electron chi connectivity index (χ1n) is 13.2. The molecule has 0 aromatic carbocycles. The molecular weight excluding hydrogens is 394 g/mol. The van der Waals surface area contributed by atoms with E-state index in [9.17, 15) is 19.0 Å². The number of aliphatic hydroxyl groups excluding tert-OH is 1. The van der Waals surface area contributed by atoms with Crippen LogP contribution in [-0.2, 0) is 0 Å². The minimum atomic E-state index is -3.02. The van der Waals surface area contributed by atoms with Crippen molar-refractivity contribution >= 4 is 0 Å². The minimum Gasteiger partial charge on any atom is -0.393 e. The zero-order chi connectivity index (χ0) is 23.2. The molecule has 4 aliphatic carbocycles. The highest BCUT2D eigenvalue weighted by Crippen LogP contribution is 2.68. The molecular formula is C27H48F2O2. The molecule has 4 rings (SSSR count). The SMILES string of the molecule is CC.CC12CCC(O)CC1CCC1C2CCC2(C)C(CCC(F)(F)C(C)(C)O)CC[C@@H]12. The fourth-order valence-electron chi connectivity index (χ4n) is 8.48. The number of aliphatic hydroxyl groups is 2. The normalized spacial score (nSPS) is 45.1. The fraction of sp³-hybridized carbons (Fsp3) is 1.00. The predicted octanol–water partition coefficient (Wildman–Crippen LogP) is 7.22. The number of hydrogen-bond donors (Lipinski definition) is 2. The molecule has 31 heavy (non-hydrogen) atoms. The molecule has 0 saturated heterocycles. The smallest absolute Gasteiger partial charge is 0.275 e. The highest BCUT2D eigenvalue weighted by Gasteiger charge is 2.60. The first-order valence-corrected chi connectivity index (χ1v) is 13.2. The molecule has 182 valence electrons. The Labute approximate surface area is 189 Å². The average molecular weight is 443 g/mol. The summed E-state index contributed by atoms with van der Waals surface area (Å²) >= 11 is 0. The van der Waals surface area contributed by atoms with Gasteiger partial charge in [-0.2, -0.15) is 0 Å². The van der Waals surface area contributed by atoms with Gasteiger partial charge in [0, 0.05) is 6.42 Å². The Balaban J connectivity index is 0.00000132. The third-order valence-electron chi connectivity index (χ3n) is 10.5. The number of halogens is 2. The number of alkyl halides is 2. The Morgan fingerprint density at radius 1 is 0.871 bits per heavy atom. The summed E-state index contributed by atoms with van der Waals surface area (Å²) < 4.78 is 28.8. The van der Waals surface area contributed by atoms with Gasteiger partial charge in [-0.05, 0) is 118 Å². The Bertz CT molecular complexity index is 615. The maximum Gasteiger partial charge on any atom is 0.275 e. The lowest BCUT2D eigenvalue weighted by atomic mass is 9.44. The van der Waals surface area contributed by atoms with Crippen LogP contribution in [-0.4, -0.2) is 27.8 Å². The maximum absolute atomic E-state index is 14.4. The number of hydrogen-bond acceptors (Lipinski definition) is 2. The molecule has 2 nitrogen and oxygen atoms in total. The van der Waals surface area contributed by atoms with E-state index in [-0.39, 0.29) is 17.9 Å². The van der Waals surface area contributed by atoms with E-state index in [0.29, 0.717) is 29.6 Å². The van der Waals surface area contributed by atoms with E-state index < -0.39 is 11.5 Å². The van der Waals surface area contributed by atoms with E-state index in [2.05, 4.69) is 13.8 Å². The van der Waals surface area contributed by atoms with Crippen molar-refractivity contribution in [2.24, 2.45) is 40.4 Å². The van der Waals surface area contributed by atoms with Crippen molar-refractivity contribution in [1.29, 1.82) is 0 Å². The van der Waals surface area contributed by atoms with Crippen LogP contribution in [0.2, 0.25) is 0 Å². The standard InChI is InChI=1S/C25H42F2O2.C2H6/c1-22(2,29)25(26,27)14-9-16-6-8-20-19-7-5-17-15-18(28)10-12-24(17,4)21(19)11-13-23(16,20)3;1-2/h16-21,28-29H,5-15H2,1-4H3;1-2H3/t16?,17?,18?,19?,20-,21?,23?,24?;/m0./s1. The molecule has 0 aromatic heterocycles. The zero-order valence-electron chi connectivity index (χ0n) is 20.9. The van der Waals surface area contributed by atoms with Gasteiger partial charge in [0.25, 0.3) is 5.92 Å². The largest absolute Gasteiger partial charge is 0.393 e. The van der Waals surface area contributed by atoms with E-state index >= 15 is 0 Å². The van der Waals surface area contributed by atoms with Crippen molar-refractivity contribution < 1.29 is 19.0 Å². The van der Waals surface area contributed by atoms with Gasteiger partial charge in [-0.25, -0.2) is 8.78 Å². The molecule has 8 atom stereocenters. The Morgan fingerprint density at radius 3 is 2.13 bits per heavy atom. The molecule has 7 unspecified atom stereocenters. The lowest BCUT2D eigenvalue weighted by Crippen LogP contribution is -2.54. The minimum absolute atomic E-state index is 0.105. The van der Waals surface area contributed by atoms with Crippen molar-refractivity contribution in [1.82, 2.24) is 0 Å². The molecule has 4 aliphatic rings. The maximum atomic E-state index is 14.4. The Morgan fingerprint density at radius 2 is 1.48 bits per heavy atom. The van der Waals surface area contributed by atoms with Gasteiger partial charge in [0.15, 0.2) is 0 Å². The van der Waals surface area contributed by atoms with Crippen LogP contribution in [0.1, 0.15) is 112 Å². The van der Waals surface area contributed by atoms with Crippen molar-refractivity contribution in [3.63, 3.8) is 0 Å². The Kier molecular flexibility index (Phi) is 7.26.